The van der Waals surface area contributed by atoms with Gasteiger partial charge in [0.05, 0.1) is 29.6 Å². The Labute approximate surface area is 209 Å². The van der Waals surface area contributed by atoms with Crippen molar-refractivity contribution in [3.63, 3.8) is 0 Å². The Bertz CT molecular complexity index is 1260. The molecule has 178 valence electrons. The summed E-state index contributed by atoms with van der Waals surface area (Å²) >= 11 is 12.2. The van der Waals surface area contributed by atoms with E-state index in [1.165, 1.54) is 16.4 Å². The summed E-state index contributed by atoms with van der Waals surface area (Å²) in [5.41, 5.74) is 3.15. The van der Waals surface area contributed by atoms with Crippen molar-refractivity contribution in [3.05, 3.63) is 99.0 Å². The fraction of sp³-hybridized carbons (Fsp3) is 0.240. The van der Waals surface area contributed by atoms with Crippen molar-refractivity contribution in [2.45, 2.75) is 19.0 Å². The van der Waals surface area contributed by atoms with E-state index in [4.69, 9.17) is 23.2 Å². The summed E-state index contributed by atoms with van der Waals surface area (Å²) < 4.78 is 26.9. The van der Waals surface area contributed by atoms with E-state index in [0.29, 0.717) is 34.4 Å². The Kier molecular flexibility index (Phi) is 6.92. The Hall–Kier alpha value is -2.58. The molecular formula is C25H24Cl2N2O4S. The number of hydrogen-bond acceptors (Lipinski definition) is 4. The van der Waals surface area contributed by atoms with Gasteiger partial charge in [0.25, 0.3) is 0 Å². The minimum absolute atomic E-state index is 0.0556. The van der Waals surface area contributed by atoms with Gasteiger partial charge in [-0.2, -0.15) is 0 Å². The maximum Gasteiger partial charge on any atom is 0.335 e. The van der Waals surface area contributed by atoms with Crippen LogP contribution in [-0.4, -0.2) is 49.8 Å². The summed E-state index contributed by atoms with van der Waals surface area (Å²) in [4.78, 5) is 13.7. The Morgan fingerprint density at radius 1 is 0.971 bits per heavy atom. The standard InChI is InChI=1S/C25H24Cl2N2O4S/c1-16-11-19(25(30)31)13-22(12-16)29(34(2,32)33)23-14-28(15-23)24(17-3-7-20(26)8-4-17)18-5-9-21(27)10-6-18/h3-13,23-24H,14-15H2,1-2H3,(H,30,31). The highest BCUT2D eigenvalue weighted by atomic mass is 35.5. The van der Waals surface area contributed by atoms with Gasteiger partial charge in [0.15, 0.2) is 0 Å². The molecule has 0 saturated carbocycles. The number of hydrogen-bond donors (Lipinski definition) is 1. The summed E-state index contributed by atoms with van der Waals surface area (Å²) in [6.45, 7) is 2.69. The van der Waals surface area contributed by atoms with Crippen LogP contribution < -0.4 is 4.31 Å². The summed E-state index contributed by atoms with van der Waals surface area (Å²) in [7, 11) is -3.65. The number of likely N-dealkylation sites (tertiary alicyclic amines) is 1. The van der Waals surface area contributed by atoms with Gasteiger partial charge in [-0.25, -0.2) is 13.2 Å². The molecule has 6 nitrogen and oxygen atoms in total. The molecule has 0 amide bonds. The van der Waals surface area contributed by atoms with Crippen LogP contribution >= 0.6 is 23.2 Å². The van der Waals surface area contributed by atoms with E-state index in [1.54, 1.807) is 13.0 Å². The van der Waals surface area contributed by atoms with Gasteiger partial charge in [-0.3, -0.25) is 9.21 Å². The third-order valence-electron chi connectivity index (χ3n) is 5.88. The molecule has 0 aromatic heterocycles. The van der Waals surface area contributed by atoms with Crippen molar-refractivity contribution in [3.8, 4) is 0 Å². The minimum Gasteiger partial charge on any atom is -0.478 e. The van der Waals surface area contributed by atoms with Crippen LogP contribution in [0.4, 0.5) is 5.69 Å². The molecule has 1 N–H and O–H groups in total. The molecule has 0 aliphatic carbocycles. The average Bonchev–Trinajstić information content (AvgIpc) is 2.73. The van der Waals surface area contributed by atoms with E-state index < -0.39 is 16.0 Å². The first-order chi connectivity index (χ1) is 16.0. The quantitative estimate of drug-likeness (QED) is 0.462. The van der Waals surface area contributed by atoms with Gasteiger partial charge in [0.1, 0.15) is 0 Å². The van der Waals surface area contributed by atoms with Crippen LogP contribution in [-0.2, 0) is 10.0 Å². The van der Waals surface area contributed by atoms with Gasteiger partial charge < -0.3 is 5.11 Å². The van der Waals surface area contributed by atoms with Gasteiger partial charge in [0, 0.05) is 23.1 Å². The van der Waals surface area contributed by atoms with Crippen molar-refractivity contribution in [2.24, 2.45) is 0 Å². The lowest BCUT2D eigenvalue weighted by Crippen LogP contribution is -2.61. The molecule has 0 unspecified atom stereocenters. The van der Waals surface area contributed by atoms with Gasteiger partial charge >= 0.3 is 5.97 Å². The van der Waals surface area contributed by atoms with E-state index >= 15 is 0 Å². The lowest BCUT2D eigenvalue weighted by molar-refractivity contribution is 0.0696. The number of carboxylic acids is 1. The van der Waals surface area contributed by atoms with Gasteiger partial charge in [-0.15, -0.1) is 0 Å². The number of aromatic carboxylic acids is 1. The zero-order valence-electron chi connectivity index (χ0n) is 18.7. The number of benzene rings is 3. The van der Waals surface area contributed by atoms with E-state index in [1.807, 2.05) is 48.5 Å². The second-order valence-electron chi connectivity index (χ2n) is 8.53. The van der Waals surface area contributed by atoms with E-state index in [9.17, 15) is 18.3 Å². The van der Waals surface area contributed by atoms with Crippen LogP contribution in [0.25, 0.3) is 0 Å². The molecule has 4 rings (SSSR count). The van der Waals surface area contributed by atoms with Crippen LogP contribution in [0.3, 0.4) is 0 Å². The predicted octanol–water partition coefficient (Wildman–Crippen LogP) is 5.24. The summed E-state index contributed by atoms with van der Waals surface area (Å²) in [5, 5.41) is 10.7. The van der Waals surface area contributed by atoms with Crippen LogP contribution in [0.2, 0.25) is 10.0 Å². The monoisotopic (exact) mass is 518 g/mol. The Balaban J connectivity index is 1.66. The number of rotatable bonds is 7. The van der Waals surface area contributed by atoms with Crippen molar-refractivity contribution in [1.82, 2.24) is 4.90 Å². The maximum atomic E-state index is 12.8. The number of halogens is 2. The van der Waals surface area contributed by atoms with Crippen molar-refractivity contribution in [2.75, 3.05) is 23.7 Å². The Morgan fingerprint density at radius 2 is 1.47 bits per heavy atom. The predicted molar refractivity (Wildman–Crippen MR) is 136 cm³/mol. The molecule has 0 bridgehead atoms. The number of aryl methyl sites for hydroxylation is 1. The SMILES string of the molecule is Cc1cc(C(=O)O)cc(N(C2CN(C(c3ccc(Cl)cc3)c3ccc(Cl)cc3)C2)S(C)(=O)=O)c1. The van der Waals surface area contributed by atoms with Crippen LogP contribution in [0.5, 0.6) is 0 Å². The summed E-state index contributed by atoms with van der Waals surface area (Å²) in [6.07, 6.45) is 1.15. The average molecular weight is 519 g/mol. The van der Waals surface area contributed by atoms with Crippen molar-refractivity contribution < 1.29 is 18.3 Å². The molecule has 9 heteroatoms. The topological polar surface area (TPSA) is 77.9 Å². The molecule has 0 atom stereocenters. The summed E-state index contributed by atoms with van der Waals surface area (Å²) in [6, 6.07) is 19.4. The zero-order valence-corrected chi connectivity index (χ0v) is 21.0. The molecule has 1 fully saturated rings. The molecule has 1 saturated heterocycles. The molecule has 0 radical (unpaired) electrons. The third kappa shape index (κ3) is 5.23. The van der Waals surface area contributed by atoms with Crippen LogP contribution in [0, 0.1) is 6.92 Å². The fourth-order valence-electron chi connectivity index (χ4n) is 4.44. The van der Waals surface area contributed by atoms with Gasteiger partial charge in [0.2, 0.25) is 10.0 Å². The smallest absolute Gasteiger partial charge is 0.335 e. The van der Waals surface area contributed by atoms with E-state index in [-0.39, 0.29) is 17.6 Å². The minimum atomic E-state index is -3.65. The number of carbonyl (C=O) groups is 1. The number of sulfonamides is 1. The van der Waals surface area contributed by atoms with Crippen molar-refractivity contribution in [1.29, 1.82) is 0 Å². The molecule has 34 heavy (non-hydrogen) atoms. The molecule has 3 aromatic carbocycles. The lowest BCUT2D eigenvalue weighted by atomic mass is 9.93. The number of anilines is 1. The zero-order chi connectivity index (χ0) is 24.6. The van der Waals surface area contributed by atoms with E-state index in [0.717, 1.165) is 17.4 Å². The largest absolute Gasteiger partial charge is 0.478 e. The first-order valence-electron chi connectivity index (χ1n) is 10.6. The highest BCUT2D eigenvalue weighted by Crippen LogP contribution is 2.37. The first kappa shape index (κ1) is 24.5. The maximum absolute atomic E-state index is 12.8. The second-order valence-corrected chi connectivity index (χ2v) is 11.3. The molecule has 0 spiro atoms. The second kappa shape index (κ2) is 9.58. The van der Waals surface area contributed by atoms with Gasteiger partial charge in [-0.05, 0) is 66.1 Å². The number of nitrogens with zero attached hydrogens (tertiary/aromatic N) is 2. The van der Waals surface area contributed by atoms with Crippen LogP contribution in [0.15, 0.2) is 66.7 Å². The van der Waals surface area contributed by atoms with E-state index in [2.05, 4.69) is 4.90 Å². The van der Waals surface area contributed by atoms with Crippen molar-refractivity contribution >= 4 is 44.9 Å². The molecule has 1 aliphatic heterocycles. The highest BCUT2D eigenvalue weighted by Gasteiger charge is 2.41. The molecule has 3 aromatic rings. The first-order valence-corrected chi connectivity index (χ1v) is 13.2. The lowest BCUT2D eigenvalue weighted by Gasteiger charge is -2.48. The van der Waals surface area contributed by atoms with Gasteiger partial charge in [-0.1, -0.05) is 47.5 Å². The Morgan fingerprint density at radius 3 is 1.91 bits per heavy atom. The normalized spacial score (nSPS) is 14.7. The highest BCUT2D eigenvalue weighted by molar-refractivity contribution is 7.92. The molecule has 1 heterocycles. The third-order valence-corrected chi connectivity index (χ3v) is 7.61. The van der Waals surface area contributed by atoms with Crippen LogP contribution in [0.1, 0.15) is 33.1 Å². The number of carboxylic acid groups (broad SMARTS) is 1. The molecular weight excluding hydrogens is 495 g/mol. The summed E-state index contributed by atoms with van der Waals surface area (Å²) in [5.74, 6) is -1.10. The fourth-order valence-corrected chi connectivity index (χ4v) is 5.85. The molecule has 1 aliphatic rings.